The Kier molecular flexibility index (Phi) is 9.84. The van der Waals surface area contributed by atoms with Crippen molar-refractivity contribution in [2.75, 3.05) is 0 Å². The van der Waals surface area contributed by atoms with Crippen LogP contribution in [0.25, 0.3) is 5.69 Å². The lowest BCUT2D eigenvalue weighted by Crippen LogP contribution is -2.36. The molecule has 1 amide bonds. The summed E-state index contributed by atoms with van der Waals surface area (Å²) in [5, 5.41) is 24.7. The van der Waals surface area contributed by atoms with Crippen molar-refractivity contribution in [3.05, 3.63) is 183 Å². The average Bonchev–Trinajstić information content (AvgIpc) is 3.53. The maximum Gasteiger partial charge on any atom is 0.269 e. The normalized spacial score (nSPS) is 11.7. The minimum Gasteiger partial charge on any atom is -0.345 e. The molecule has 0 aliphatic rings. The lowest BCUT2D eigenvalue weighted by Gasteiger charge is -2.24. The molecule has 1 aromatic heterocycles. The number of aromatic nitrogens is 3. The van der Waals surface area contributed by atoms with E-state index in [0.29, 0.717) is 28.8 Å². The predicted molar refractivity (Wildman–Crippen MR) is 185 cm³/mol. The molecule has 6 rings (SSSR count). The highest BCUT2D eigenvalue weighted by Gasteiger charge is 2.29. The van der Waals surface area contributed by atoms with E-state index >= 15 is 0 Å². The van der Waals surface area contributed by atoms with Gasteiger partial charge in [-0.15, -0.1) is 10.2 Å². The number of hydrogen-bond acceptors (Lipinski definition) is 6. The van der Waals surface area contributed by atoms with E-state index in [2.05, 4.69) is 40.6 Å². The molecule has 0 aliphatic heterocycles. The highest BCUT2D eigenvalue weighted by molar-refractivity contribution is 7.98. The summed E-state index contributed by atoms with van der Waals surface area (Å²) in [6, 6.07) is 43.4. The minimum atomic E-state index is -0.573. The second kappa shape index (κ2) is 14.7. The fraction of sp³-hybridized carbons (Fsp3) is 0.132. The van der Waals surface area contributed by atoms with E-state index in [1.807, 2.05) is 102 Å². The first-order chi connectivity index (χ1) is 23.0. The molecule has 0 radical (unpaired) electrons. The Balaban J connectivity index is 1.42. The molecule has 0 fully saturated rings. The Labute approximate surface area is 277 Å². The number of carbonyl (C=O) groups excluding carboxylic acids is 1. The van der Waals surface area contributed by atoms with Gasteiger partial charge in [0.2, 0.25) is 5.91 Å². The van der Waals surface area contributed by atoms with Gasteiger partial charge in [-0.2, -0.15) is 0 Å². The first-order valence-electron chi connectivity index (χ1n) is 15.3. The Morgan fingerprint density at radius 2 is 1.38 bits per heavy atom. The molecule has 0 spiro atoms. The fourth-order valence-electron chi connectivity index (χ4n) is 5.61. The topological polar surface area (TPSA) is 103 Å². The highest BCUT2D eigenvalue weighted by Crippen LogP contribution is 2.32. The van der Waals surface area contributed by atoms with Gasteiger partial charge in [-0.3, -0.25) is 19.5 Å². The van der Waals surface area contributed by atoms with Crippen LogP contribution in [0.5, 0.6) is 0 Å². The monoisotopic (exact) mass is 639 g/mol. The van der Waals surface area contributed by atoms with E-state index in [1.165, 1.54) is 23.9 Å². The molecule has 1 heterocycles. The van der Waals surface area contributed by atoms with Crippen molar-refractivity contribution < 1.29 is 9.72 Å². The summed E-state index contributed by atoms with van der Waals surface area (Å²) in [6.07, 6.45) is 0.455. The zero-order valence-corrected chi connectivity index (χ0v) is 26.6. The zero-order valence-electron chi connectivity index (χ0n) is 25.8. The molecule has 6 aromatic rings. The fourth-order valence-corrected chi connectivity index (χ4v) is 6.52. The van der Waals surface area contributed by atoms with Crippen LogP contribution in [-0.2, 0) is 17.0 Å². The number of nitro groups is 1. The van der Waals surface area contributed by atoms with Crippen LogP contribution in [0.3, 0.4) is 0 Å². The lowest BCUT2D eigenvalue weighted by atomic mass is 9.90. The van der Waals surface area contributed by atoms with Gasteiger partial charge in [-0.05, 0) is 47.7 Å². The molecule has 0 saturated carbocycles. The number of nitrogens with one attached hydrogen (secondary N) is 1. The second-order valence-electron chi connectivity index (χ2n) is 11.2. The number of benzene rings is 5. The van der Waals surface area contributed by atoms with E-state index in [9.17, 15) is 14.9 Å². The van der Waals surface area contributed by atoms with Crippen molar-refractivity contribution in [3.63, 3.8) is 0 Å². The molecule has 234 valence electrons. The number of amides is 1. The molecule has 1 N–H and O–H groups in total. The van der Waals surface area contributed by atoms with Gasteiger partial charge in [-0.1, -0.05) is 133 Å². The van der Waals surface area contributed by atoms with Gasteiger partial charge in [0.1, 0.15) is 0 Å². The summed E-state index contributed by atoms with van der Waals surface area (Å²) in [5.74, 6) is 0.451. The van der Waals surface area contributed by atoms with Gasteiger partial charge in [0.15, 0.2) is 11.0 Å². The van der Waals surface area contributed by atoms with E-state index in [-0.39, 0.29) is 11.6 Å². The third-order valence-electron chi connectivity index (χ3n) is 7.87. The van der Waals surface area contributed by atoms with Gasteiger partial charge in [0.05, 0.1) is 16.9 Å². The third kappa shape index (κ3) is 7.65. The number of nitro benzene ring substituents is 1. The summed E-state index contributed by atoms with van der Waals surface area (Å²) in [4.78, 5) is 25.4. The van der Waals surface area contributed by atoms with E-state index in [1.54, 1.807) is 12.1 Å². The Bertz CT molecular complexity index is 1910. The molecular weight excluding hydrogens is 607 g/mol. The van der Waals surface area contributed by atoms with Gasteiger partial charge in [0, 0.05) is 23.6 Å². The molecule has 0 saturated heterocycles. The minimum absolute atomic E-state index is 0.0139. The van der Waals surface area contributed by atoms with E-state index < -0.39 is 16.9 Å². The van der Waals surface area contributed by atoms with Crippen molar-refractivity contribution >= 4 is 23.4 Å². The molecule has 9 heteroatoms. The SMILES string of the molecule is Cc1cccc(CSc2nnc(C(Cc3ccccc3)NC(=O)C(c3ccccc3)c3ccccc3)n2-c2ccc([N+](=O)[O-])cc2)c1. The van der Waals surface area contributed by atoms with Crippen LogP contribution in [0, 0.1) is 17.0 Å². The van der Waals surface area contributed by atoms with Crippen LogP contribution in [0.4, 0.5) is 5.69 Å². The quantitative estimate of drug-likeness (QED) is 0.0827. The largest absolute Gasteiger partial charge is 0.345 e. The number of non-ortho nitro benzene ring substituents is 1. The number of rotatable bonds is 12. The van der Waals surface area contributed by atoms with Crippen molar-refractivity contribution in [3.8, 4) is 5.69 Å². The summed E-state index contributed by atoms with van der Waals surface area (Å²) in [7, 11) is 0. The van der Waals surface area contributed by atoms with E-state index in [4.69, 9.17) is 0 Å². The summed E-state index contributed by atoms with van der Waals surface area (Å²) in [6.45, 7) is 2.06. The molecule has 1 unspecified atom stereocenters. The summed E-state index contributed by atoms with van der Waals surface area (Å²) < 4.78 is 1.90. The molecular formula is C38H33N5O3S. The van der Waals surface area contributed by atoms with Crippen LogP contribution >= 0.6 is 11.8 Å². The van der Waals surface area contributed by atoms with Crippen LogP contribution < -0.4 is 5.32 Å². The maximum atomic E-state index is 14.4. The molecule has 0 aliphatic carbocycles. The third-order valence-corrected chi connectivity index (χ3v) is 8.87. The van der Waals surface area contributed by atoms with Gasteiger partial charge < -0.3 is 5.32 Å². The molecule has 0 bridgehead atoms. The molecule has 5 aromatic carbocycles. The average molecular weight is 640 g/mol. The maximum absolute atomic E-state index is 14.4. The van der Waals surface area contributed by atoms with Crippen LogP contribution in [0.15, 0.2) is 145 Å². The summed E-state index contributed by atoms with van der Waals surface area (Å²) in [5.41, 5.74) is 5.72. The van der Waals surface area contributed by atoms with E-state index in [0.717, 1.165) is 27.8 Å². The Morgan fingerprint density at radius 3 is 1.98 bits per heavy atom. The zero-order chi connectivity index (χ0) is 32.6. The van der Waals surface area contributed by atoms with Crippen molar-refractivity contribution in [1.82, 2.24) is 20.1 Å². The van der Waals surface area contributed by atoms with Crippen molar-refractivity contribution in [2.45, 2.75) is 36.2 Å². The highest BCUT2D eigenvalue weighted by atomic mass is 32.2. The summed E-state index contributed by atoms with van der Waals surface area (Å²) >= 11 is 1.52. The first kappa shape index (κ1) is 31.4. The van der Waals surface area contributed by atoms with Crippen molar-refractivity contribution in [1.29, 1.82) is 0 Å². The van der Waals surface area contributed by atoms with Crippen LogP contribution in [0.2, 0.25) is 0 Å². The molecule has 1 atom stereocenters. The number of thioether (sulfide) groups is 1. The predicted octanol–water partition coefficient (Wildman–Crippen LogP) is 8.01. The Hall–Kier alpha value is -5.54. The van der Waals surface area contributed by atoms with Crippen LogP contribution in [-0.4, -0.2) is 25.6 Å². The standard InChI is InChI=1S/C38H33N5O3S/c1-27-12-11-15-29(24-27)26-47-38-41-40-36(42(38)32-20-22-33(23-21-32)43(45)46)34(25-28-13-5-2-6-14-28)39-37(44)35(30-16-7-3-8-17-30)31-18-9-4-10-19-31/h2-24,34-35H,25-26H2,1H3,(H,39,44). The molecule has 47 heavy (non-hydrogen) atoms. The molecule has 8 nitrogen and oxygen atoms in total. The number of carbonyl (C=O) groups is 1. The van der Waals surface area contributed by atoms with Gasteiger partial charge in [0.25, 0.3) is 5.69 Å². The van der Waals surface area contributed by atoms with Gasteiger partial charge in [-0.25, -0.2) is 0 Å². The number of hydrogen-bond donors (Lipinski definition) is 1. The number of aryl methyl sites for hydroxylation is 1. The van der Waals surface area contributed by atoms with Crippen LogP contribution in [0.1, 0.15) is 45.6 Å². The van der Waals surface area contributed by atoms with Gasteiger partial charge >= 0.3 is 0 Å². The Morgan fingerprint density at radius 1 is 0.787 bits per heavy atom. The smallest absolute Gasteiger partial charge is 0.269 e. The number of nitrogens with zero attached hydrogens (tertiary/aromatic N) is 4. The second-order valence-corrected chi connectivity index (χ2v) is 12.2. The first-order valence-corrected chi connectivity index (χ1v) is 16.3. The lowest BCUT2D eigenvalue weighted by molar-refractivity contribution is -0.384. The van der Waals surface area contributed by atoms with Crippen molar-refractivity contribution in [2.24, 2.45) is 0 Å².